The Labute approximate surface area is 129 Å². The first-order valence-corrected chi connectivity index (χ1v) is 7.69. The van der Waals surface area contributed by atoms with Crippen LogP contribution in [0.1, 0.15) is 33.1 Å². The summed E-state index contributed by atoms with van der Waals surface area (Å²) >= 11 is 0. The van der Waals surface area contributed by atoms with Gasteiger partial charge in [0.05, 0.1) is 17.4 Å². The van der Waals surface area contributed by atoms with Crippen molar-refractivity contribution in [2.24, 2.45) is 0 Å². The Bertz CT molecular complexity index is 650. The fourth-order valence-corrected chi connectivity index (χ4v) is 2.28. The van der Waals surface area contributed by atoms with E-state index in [1.165, 1.54) is 0 Å². The summed E-state index contributed by atoms with van der Waals surface area (Å²) in [7, 11) is 0. The van der Waals surface area contributed by atoms with Crippen LogP contribution in [0.15, 0.2) is 24.5 Å². The summed E-state index contributed by atoms with van der Waals surface area (Å²) < 4.78 is 0. The summed E-state index contributed by atoms with van der Waals surface area (Å²) in [6, 6.07) is 5.31. The molecule has 2 N–H and O–H groups in total. The molecule has 22 heavy (non-hydrogen) atoms. The zero-order chi connectivity index (χ0) is 15.9. The van der Waals surface area contributed by atoms with E-state index in [-0.39, 0.29) is 0 Å². The lowest BCUT2D eigenvalue weighted by Gasteiger charge is -2.21. The van der Waals surface area contributed by atoms with Crippen molar-refractivity contribution in [3.05, 3.63) is 24.5 Å². The number of rotatable bonds is 6. The predicted molar refractivity (Wildman–Crippen MR) is 86.5 cm³/mol. The zero-order valence-electron chi connectivity index (χ0n) is 13.1. The second kappa shape index (κ2) is 7.59. The van der Waals surface area contributed by atoms with Crippen molar-refractivity contribution >= 4 is 28.5 Å². The number of aromatic amines is 1. The fraction of sp³-hybridized carbons (Fsp3) is 0.438. The summed E-state index contributed by atoms with van der Waals surface area (Å²) in [6.45, 7) is 5.28. The van der Waals surface area contributed by atoms with Crippen molar-refractivity contribution in [3.8, 4) is 0 Å². The minimum atomic E-state index is -0.594. The zero-order valence-corrected chi connectivity index (χ0v) is 13.1. The first kappa shape index (κ1) is 16.0. The van der Waals surface area contributed by atoms with Crippen molar-refractivity contribution in [1.29, 1.82) is 0 Å². The van der Waals surface area contributed by atoms with Gasteiger partial charge in [0.15, 0.2) is 0 Å². The van der Waals surface area contributed by atoms with Crippen LogP contribution in [0.2, 0.25) is 0 Å². The van der Waals surface area contributed by atoms with Crippen molar-refractivity contribution < 1.29 is 9.59 Å². The molecule has 0 spiro atoms. The molecule has 0 atom stereocenters. The second-order valence-corrected chi connectivity index (χ2v) is 5.23. The third-order valence-corrected chi connectivity index (χ3v) is 3.43. The van der Waals surface area contributed by atoms with Gasteiger partial charge in [0.2, 0.25) is 0 Å². The predicted octanol–water partition coefficient (Wildman–Crippen LogP) is 2.54. The molecule has 1 heterocycles. The molecular formula is C16H22N4O2. The van der Waals surface area contributed by atoms with Gasteiger partial charge in [-0.3, -0.25) is 9.59 Å². The van der Waals surface area contributed by atoms with E-state index in [1.54, 1.807) is 29.4 Å². The minimum Gasteiger partial charge on any atom is -0.345 e. The van der Waals surface area contributed by atoms with Gasteiger partial charge in [0.1, 0.15) is 0 Å². The first-order chi connectivity index (χ1) is 10.7. The molecule has 1 aromatic carbocycles. The lowest BCUT2D eigenvalue weighted by atomic mass is 10.2. The van der Waals surface area contributed by atoms with Crippen LogP contribution in [0.25, 0.3) is 11.0 Å². The Morgan fingerprint density at radius 2 is 2.05 bits per heavy atom. The molecule has 6 nitrogen and oxygen atoms in total. The van der Waals surface area contributed by atoms with Gasteiger partial charge in [-0.1, -0.05) is 20.3 Å². The third kappa shape index (κ3) is 3.84. The monoisotopic (exact) mass is 302 g/mol. The quantitative estimate of drug-likeness (QED) is 0.805. The number of benzene rings is 1. The number of fused-ring (bicyclic) bond motifs is 1. The average Bonchev–Trinajstić information content (AvgIpc) is 2.98. The Balaban J connectivity index is 2.03. The van der Waals surface area contributed by atoms with Crippen LogP contribution < -0.4 is 5.32 Å². The van der Waals surface area contributed by atoms with Gasteiger partial charge >= 0.3 is 11.8 Å². The van der Waals surface area contributed by atoms with Crippen LogP contribution in [0.3, 0.4) is 0 Å². The number of nitrogens with one attached hydrogen (secondary N) is 2. The lowest BCUT2D eigenvalue weighted by molar-refractivity contribution is -0.143. The fourth-order valence-electron chi connectivity index (χ4n) is 2.28. The highest BCUT2D eigenvalue weighted by Crippen LogP contribution is 2.15. The molecule has 0 unspecified atom stereocenters. The number of hydrogen-bond donors (Lipinski definition) is 2. The third-order valence-electron chi connectivity index (χ3n) is 3.43. The number of H-pyrrole nitrogens is 1. The maximum Gasteiger partial charge on any atom is 0.313 e. The standard InChI is InChI=1S/C16H22N4O2/c1-3-5-9-20(8-4-2)16(22)15(21)19-12-6-7-13-14(10-12)18-11-17-13/h6-7,10-11H,3-5,8-9H2,1-2H3,(H,17,18)(H,19,21). The van der Waals surface area contributed by atoms with Gasteiger partial charge < -0.3 is 15.2 Å². The topological polar surface area (TPSA) is 78.1 Å². The molecule has 0 aliphatic rings. The van der Waals surface area contributed by atoms with Gasteiger partial charge in [-0.2, -0.15) is 0 Å². The van der Waals surface area contributed by atoms with Gasteiger partial charge in [0.25, 0.3) is 0 Å². The number of carbonyl (C=O) groups excluding carboxylic acids is 2. The van der Waals surface area contributed by atoms with Gasteiger partial charge in [-0.05, 0) is 31.0 Å². The van der Waals surface area contributed by atoms with Crippen molar-refractivity contribution in [2.75, 3.05) is 18.4 Å². The Morgan fingerprint density at radius 1 is 1.23 bits per heavy atom. The van der Waals surface area contributed by atoms with Gasteiger partial charge in [-0.25, -0.2) is 4.98 Å². The summed E-state index contributed by atoms with van der Waals surface area (Å²) in [6.07, 6.45) is 4.32. The van der Waals surface area contributed by atoms with Gasteiger partial charge in [0, 0.05) is 18.8 Å². The SMILES string of the molecule is CCCCN(CCC)C(=O)C(=O)Nc1ccc2nc[nH]c2c1. The van der Waals surface area contributed by atoms with E-state index < -0.39 is 11.8 Å². The summed E-state index contributed by atoms with van der Waals surface area (Å²) in [5, 5.41) is 2.66. The highest BCUT2D eigenvalue weighted by atomic mass is 16.2. The summed E-state index contributed by atoms with van der Waals surface area (Å²) in [5.74, 6) is -1.07. The molecule has 0 bridgehead atoms. The molecule has 0 aliphatic heterocycles. The molecule has 2 rings (SSSR count). The number of aromatic nitrogens is 2. The Hall–Kier alpha value is -2.37. The lowest BCUT2D eigenvalue weighted by Crippen LogP contribution is -2.40. The summed E-state index contributed by atoms with van der Waals surface area (Å²) in [5.41, 5.74) is 2.23. The van der Waals surface area contributed by atoms with Crippen LogP contribution in [0, 0.1) is 0 Å². The van der Waals surface area contributed by atoms with Crippen molar-refractivity contribution in [3.63, 3.8) is 0 Å². The number of imidazole rings is 1. The molecule has 0 radical (unpaired) electrons. The average molecular weight is 302 g/mol. The molecule has 0 aliphatic carbocycles. The van der Waals surface area contributed by atoms with E-state index in [0.717, 1.165) is 30.3 Å². The number of carbonyl (C=O) groups is 2. The highest BCUT2D eigenvalue weighted by molar-refractivity contribution is 6.39. The van der Waals surface area contributed by atoms with Crippen LogP contribution >= 0.6 is 0 Å². The van der Waals surface area contributed by atoms with Crippen LogP contribution in [0.4, 0.5) is 5.69 Å². The number of unbranched alkanes of at least 4 members (excludes halogenated alkanes) is 1. The van der Waals surface area contributed by atoms with Crippen LogP contribution in [0.5, 0.6) is 0 Å². The maximum atomic E-state index is 12.3. The molecule has 6 heteroatoms. The van der Waals surface area contributed by atoms with Crippen LogP contribution in [-0.4, -0.2) is 39.8 Å². The van der Waals surface area contributed by atoms with E-state index >= 15 is 0 Å². The normalized spacial score (nSPS) is 10.6. The van der Waals surface area contributed by atoms with E-state index in [2.05, 4.69) is 22.2 Å². The molecule has 118 valence electrons. The molecular weight excluding hydrogens is 280 g/mol. The van der Waals surface area contributed by atoms with E-state index in [9.17, 15) is 9.59 Å². The second-order valence-electron chi connectivity index (χ2n) is 5.23. The maximum absolute atomic E-state index is 12.3. The largest absolute Gasteiger partial charge is 0.345 e. The smallest absolute Gasteiger partial charge is 0.313 e. The molecule has 2 aromatic rings. The highest BCUT2D eigenvalue weighted by Gasteiger charge is 2.20. The Kier molecular flexibility index (Phi) is 5.52. The first-order valence-electron chi connectivity index (χ1n) is 7.69. The van der Waals surface area contributed by atoms with E-state index in [4.69, 9.17) is 0 Å². The minimum absolute atomic E-state index is 0.472. The number of anilines is 1. The molecule has 1 aromatic heterocycles. The summed E-state index contributed by atoms with van der Waals surface area (Å²) in [4.78, 5) is 33.1. The van der Waals surface area contributed by atoms with E-state index in [1.807, 2.05) is 6.92 Å². The van der Waals surface area contributed by atoms with Crippen molar-refractivity contribution in [1.82, 2.24) is 14.9 Å². The van der Waals surface area contributed by atoms with Crippen LogP contribution in [-0.2, 0) is 9.59 Å². The number of hydrogen-bond acceptors (Lipinski definition) is 3. The number of amides is 2. The molecule has 0 saturated carbocycles. The molecule has 0 saturated heterocycles. The van der Waals surface area contributed by atoms with E-state index in [0.29, 0.717) is 18.8 Å². The van der Waals surface area contributed by atoms with Gasteiger partial charge in [-0.15, -0.1) is 0 Å². The molecule has 2 amide bonds. The Morgan fingerprint density at radius 3 is 2.77 bits per heavy atom. The number of nitrogens with zero attached hydrogens (tertiary/aromatic N) is 2. The molecule has 0 fully saturated rings. The van der Waals surface area contributed by atoms with Crippen molar-refractivity contribution in [2.45, 2.75) is 33.1 Å².